The zero-order valence-electron chi connectivity index (χ0n) is 17.6. The summed E-state index contributed by atoms with van der Waals surface area (Å²) in [5.41, 5.74) is 7.04. The molecule has 0 spiro atoms. The van der Waals surface area contributed by atoms with E-state index in [1.165, 1.54) is 22.1 Å². The maximum atomic E-state index is 12.6. The molecule has 2 aliphatic rings. The molecule has 0 fully saturated rings. The van der Waals surface area contributed by atoms with E-state index in [0.717, 1.165) is 42.0 Å². The molecule has 158 valence electrons. The molecule has 0 aliphatic heterocycles. The minimum Gasteiger partial charge on any atom is -0.321 e. The molecule has 4 aromatic carbocycles. The number of hydrogen-bond acceptors (Lipinski definition) is 1. The average Bonchev–Trinajstić information content (AvgIpc) is 2.81. The first-order valence-corrected chi connectivity index (χ1v) is 12.7. The van der Waals surface area contributed by atoms with Crippen molar-refractivity contribution in [1.82, 2.24) is 0 Å². The second-order valence-corrected chi connectivity index (χ2v) is 10.2. The Morgan fingerprint density at radius 3 is 2.38 bits per heavy atom. The van der Waals surface area contributed by atoms with E-state index in [4.69, 9.17) is 0 Å². The monoisotopic (exact) mass is 438 g/mol. The third-order valence-corrected chi connectivity index (χ3v) is 7.96. The van der Waals surface area contributed by atoms with E-state index in [1.807, 2.05) is 42.5 Å². The van der Waals surface area contributed by atoms with Crippen molar-refractivity contribution < 1.29 is 14.4 Å². The van der Waals surface area contributed by atoms with Gasteiger partial charge in [-0.1, -0.05) is 84.5 Å². The number of hydrogen-bond donors (Lipinski definition) is 2. The van der Waals surface area contributed by atoms with Gasteiger partial charge in [-0.3, -0.25) is 4.57 Å². The molecule has 3 nitrogen and oxygen atoms in total. The number of benzene rings is 4. The molecular formula is C28H23O3P. The van der Waals surface area contributed by atoms with Crippen molar-refractivity contribution in [3.8, 4) is 11.1 Å². The SMILES string of the molecule is O=P(O)(O)c1c(-c2cccc3c4c(ccc23)C2=C(CCC=C2)CC4)ccc2ccccc12. The van der Waals surface area contributed by atoms with Gasteiger partial charge in [-0.05, 0) is 75.1 Å². The zero-order chi connectivity index (χ0) is 21.9. The minimum absolute atomic E-state index is 0.112. The standard InChI is InChI=1S/C28H23O3P/c29-32(30,31)28-21-9-4-2-7-19(21)13-15-27(28)23-11-5-10-22-25-14-12-18-6-1-3-8-20(18)24(25)16-17-26(22)23/h2-5,7-11,13,15-17H,1,6,12,14H2,(H2,29,30,31). The van der Waals surface area contributed by atoms with Crippen LogP contribution in [0.3, 0.4) is 0 Å². The first-order valence-electron chi connectivity index (χ1n) is 11.0. The van der Waals surface area contributed by atoms with E-state index in [1.54, 1.807) is 11.6 Å². The van der Waals surface area contributed by atoms with Crippen LogP contribution < -0.4 is 5.30 Å². The fourth-order valence-electron chi connectivity index (χ4n) is 5.49. The molecule has 4 heteroatoms. The fourth-order valence-corrected chi connectivity index (χ4v) is 6.52. The molecule has 0 bridgehead atoms. The molecule has 0 amide bonds. The van der Waals surface area contributed by atoms with Gasteiger partial charge >= 0.3 is 7.60 Å². The van der Waals surface area contributed by atoms with Gasteiger partial charge in [0.1, 0.15) is 0 Å². The van der Waals surface area contributed by atoms with Crippen LogP contribution in [0.25, 0.3) is 38.2 Å². The second-order valence-electron chi connectivity index (χ2n) is 8.68. The van der Waals surface area contributed by atoms with Gasteiger partial charge in [-0.2, -0.15) is 0 Å². The van der Waals surface area contributed by atoms with Crippen molar-refractivity contribution in [2.75, 3.05) is 0 Å². The van der Waals surface area contributed by atoms with E-state index in [-0.39, 0.29) is 5.30 Å². The Labute approximate surface area is 186 Å². The predicted octanol–water partition coefficient (Wildman–Crippen LogP) is 6.51. The Balaban J connectivity index is 1.65. The minimum atomic E-state index is -4.50. The Kier molecular flexibility index (Phi) is 4.48. The number of rotatable bonds is 2. The Bertz CT molecular complexity index is 1520. The summed E-state index contributed by atoms with van der Waals surface area (Å²) in [5.74, 6) is 0. The molecular weight excluding hydrogens is 415 g/mol. The van der Waals surface area contributed by atoms with Gasteiger partial charge in [-0.15, -0.1) is 0 Å². The van der Waals surface area contributed by atoms with Gasteiger partial charge in [0.05, 0.1) is 5.30 Å². The first-order chi connectivity index (χ1) is 15.5. The lowest BCUT2D eigenvalue weighted by atomic mass is 9.79. The highest BCUT2D eigenvalue weighted by molar-refractivity contribution is 7.61. The van der Waals surface area contributed by atoms with E-state index in [2.05, 4.69) is 30.4 Å². The third kappa shape index (κ3) is 3.01. The average molecular weight is 438 g/mol. The Morgan fingerprint density at radius 2 is 1.50 bits per heavy atom. The van der Waals surface area contributed by atoms with Crippen LogP contribution in [-0.2, 0) is 11.0 Å². The van der Waals surface area contributed by atoms with Gasteiger partial charge in [-0.25, -0.2) is 0 Å². The maximum absolute atomic E-state index is 12.6. The Morgan fingerprint density at radius 1 is 0.688 bits per heavy atom. The molecule has 0 saturated heterocycles. The molecule has 0 saturated carbocycles. The van der Waals surface area contributed by atoms with Gasteiger partial charge in [0.15, 0.2) is 0 Å². The largest absolute Gasteiger partial charge is 0.357 e. The zero-order valence-corrected chi connectivity index (χ0v) is 18.5. The molecule has 0 aromatic heterocycles. The van der Waals surface area contributed by atoms with Crippen molar-refractivity contribution >= 4 is 40.0 Å². The van der Waals surface area contributed by atoms with E-state index >= 15 is 0 Å². The van der Waals surface area contributed by atoms with Crippen LogP contribution in [0.4, 0.5) is 0 Å². The van der Waals surface area contributed by atoms with Gasteiger partial charge in [0.2, 0.25) is 0 Å². The Hall–Kier alpha value is -2.97. The summed E-state index contributed by atoms with van der Waals surface area (Å²) in [5, 5.41) is 3.77. The highest BCUT2D eigenvalue weighted by Crippen LogP contribution is 2.45. The smallest absolute Gasteiger partial charge is 0.321 e. The van der Waals surface area contributed by atoms with Crippen LogP contribution in [-0.4, -0.2) is 9.79 Å². The summed E-state index contributed by atoms with van der Waals surface area (Å²) in [6.07, 6.45) is 8.88. The number of fused-ring (bicyclic) bond motifs is 5. The molecule has 32 heavy (non-hydrogen) atoms. The normalized spacial score (nSPS) is 15.8. The molecule has 2 N–H and O–H groups in total. The summed E-state index contributed by atoms with van der Waals surface area (Å²) in [6, 6.07) is 21.7. The summed E-state index contributed by atoms with van der Waals surface area (Å²) < 4.78 is 12.6. The molecule has 0 unspecified atom stereocenters. The van der Waals surface area contributed by atoms with Crippen LogP contribution in [0.2, 0.25) is 0 Å². The topological polar surface area (TPSA) is 57.5 Å². The van der Waals surface area contributed by atoms with Crippen molar-refractivity contribution in [1.29, 1.82) is 0 Å². The third-order valence-electron chi connectivity index (χ3n) is 6.90. The molecule has 4 aromatic rings. The van der Waals surface area contributed by atoms with Crippen LogP contribution in [0.1, 0.15) is 30.4 Å². The lowest BCUT2D eigenvalue weighted by molar-refractivity contribution is 0.388. The van der Waals surface area contributed by atoms with Crippen LogP contribution in [0.5, 0.6) is 0 Å². The highest BCUT2D eigenvalue weighted by atomic mass is 31.2. The fraction of sp³-hybridized carbons (Fsp3) is 0.143. The van der Waals surface area contributed by atoms with Crippen molar-refractivity contribution in [2.24, 2.45) is 0 Å². The van der Waals surface area contributed by atoms with Crippen LogP contribution in [0, 0.1) is 0 Å². The molecule has 6 rings (SSSR count). The molecule has 0 atom stereocenters. The van der Waals surface area contributed by atoms with Gasteiger partial charge in [0, 0.05) is 0 Å². The molecule has 0 radical (unpaired) electrons. The summed E-state index contributed by atoms with van der Waals surface area (Å²) in [6.45, 7) is 0. The maximum Gasteiger partial charge on any atom is 0.357 e. The lowest BCUT2D eigenvalue weighted by Crippen LogP contribution is -2.10. The summed E-state index contributed by atoms with van der Waals surface area (Å²) >= 11 is 0. The number of allylic oxidation sites excluding steroid dienone is 4. The second kappa shape index (κ2) is 7.28. The predicted molar refractivity (Wildman–Crippen MR) is 132 cm³/mol. The van der Waals surface area contributed by atoms with Crippen LogP contribution in [0.15, 0.2) is 84.5 Å². The quantitative estimate of drug-likeness (QED) is 0.351. The van der Waals surface area contributed by atoms with Crippen molar-refractivity contribution in [3.05, 3.63) is 95.6 Å². The van der Waals surface area contributed by atoms with Gasteiger partial charge in [0.25, 0.3) is 0 Å². The van der Waals surface area contributed by atoms with Crippen LogP contribution >= 0.6 is 7.60 Å². The van der Waals surface area contributed by atoms with E-state index < -0.39 is 7.60 Å². The first kappa shape index (κ1) is 19.7. The summed E-state index contributed by atoms with van der Waals surface area (Å²) in [7, 11) is -4.50. The van der Waals surface area contributed by atoms with E-state index in [0.29, 0.717) is 10.9 Å². The summed E-state index contributed by atoms with van der Waals surface area (Å²) in [4.78, 5) is 20.6. The molecule has 0 heterocycles. The van der Waals surface area contributed by atoms with Crippen molar-refractivity contribution in [3.63, 3.8) is 0 Å². The van der Waals surface area contributed by atoms with Gasteiger partial charge < -0.3 is 9.79 Å². The lowest BCUT2D eigenvalue weighted by Gasteiger charge is -2.26. The highest BCUT2D eigenvalue weighted by Gasteiger charge is 2.27. The number of aryl methyl sites for hydroxylation is 1. The van der Waals surface area contributed by atoms with Crippen molar-refractivity contribution in [2.45, 2.75) is 25.7 Å². The van der Waals surface area contributed by atoms with E-state index in [9.17, 15) is 14.4 Å². The molecule has 2 aliphatic carbocycles.